The molecule has 27 heavy (non-hydrogen) atoms. The van der Waals surface area contributed by atoms with Crippen LogP contribution >= 0.6 is 15.9 Å². The summed E-state index contributed by atoms with van der Waals surface area (Å²) in [4.78, 5) is 0. The Hall–Kier alpha value is -0.500. The average molecular weight is 439 g/mol. The van der Waals surface area contributed by atoms with E-state index in [-0.39, 0.29) is 0 Å². The van der Waals surface area contributed by atoms with Crippen LogP contribution in [0, 0.1) is 0 Å². The van der Waals surface area contributed by atoms with Crippen LogP contribution in [0.2, 0.25) is 0 Å². The second-order valence-corrected chi connectivity index (χ2v) is 8.62. The third-order valence-corrected chi connectivity index (χ3v) is 6.12. The van der Waals surface area contributed by atoms with Crippen LogP contribution in [0.25, 0.3) is 0 Å². The molecule has 0 aliphatic heterocycles. The second-order valence-electron chi connectivity index (χ2n) is 8.06. The van der Waals surface area contributed by atoms with E-state index in [1.54, 1.807) is 0 Å². The van der Waals surface area contributed by atoms with Crippen LogP contribution in [0.15, 0.2) is 24.3 Å². The third-order valence-electron chi connectivity index (χ3n) is 5.47. The Labute approximate surface area is 178 Å². The van der Waals surface area contributed by atoms with Crippen LogP contribution in [0.4, 0.5) is 5.69 Å². The Morgan fingerprint density at radius 2 is 1.00 bits per heavy atom. The highest BCUT2D eigenvalue weighted by molar-refractivity contribution is 9.08. The predicted molar refractivity (Wildman–Crippen MR) is 127 cm³/mol. The molecule has 1 N–H and O–H groups in total. The Morgan fingerprint density at radius 1 is 0.593 bits per heavy atom. The van der Waals surface area contributed by atoms with Gasteiger partial charge >= 0.3 is 0 Å². The molecule has 0 saturated heterocycles. The van der Waals surface area contributed by atoms with Gasteiger partial charge in [-0.2, -0.15) is 0 Å². The van der Waals surface area contributed by atoms with Crippen LogP contribution in [0.5, 0.6) is 0 Å². The molecule has 0 saturated carbocycles. The lowest BCUT2D eigenvalue weighted by Crippen LogP contribution is -2.01. The first-order chi connectivity index (χ1) is 13.4. The van der Waals surface area contributed by atoms with Crippen molar-refractivity contribution in [3.05, 3.63) is 29.8 Å². The highest BCUT2D eigenvalue weighted by atomic mass is 79.9. The smallest absolute Gasteiger partial charge is 0.0340 e. The molecule has 1 aromatic rings. The van der Waals surface area contributed by atoms with Crippen molar-refractivity contribution in [3.63, 3.8) is 0 Å². The molecule has 2 heteroatoms. The van der Waals surface area contributed by atoms with Crippen molar-refractivity contribution in [2.24, 2.45) is 0 Å². The van der Waals surface area contributed by atoms with Gasteiger partial charge in [0.15, 0.2) is 0 Å². The fraction of sp³-hybridized carbons (Fsp3) is 0.760. The molecule has 1 aromatic carbocycles. The van der Waals surface area contributed by atoms with Crippen LogP contribution in [0.3, 0.4) is 0 Å². The molecule has 0 fully saturated rings. The summed E-state index contributed by atoms with van der Waals surface area (Å²) in [5.74, 6) is 0. The Balaban J connectivity index is 1.75. The number of hydrogen-bond donors (Lipinski definition) is 1. The van der Waals surface area contributed by atoms with Crippen LogP contribution < -0.4 is 5.32 Å². The maximum Gasteiger partial charge on any atom is 0.0340 e. The van der Waals surface area contributed by atoms with E-state index in [1.807, 2.05) is 0 Å². The molecule has 1 nitrogen and oxygen atoms in total. The minimum atomic E-state index is 0.937. The summed E-state index contributed by atoms with van der Waals surface area (Å²) in [6, 6.07) is 8.74. The number of halogens is 1. The van der Waals surface area contributed by atoms with Crippen molar-refractivity contribution >= 4 is 21.6 Å². The fourth-order valence-corrected chi connectivity index (χ4v) is 3.99. The maximum atomic E-state index is 3.53. The largest absolute Gasteiger partial charge is 0.385 e. The van der Waals surface area contributed by atoms with Gasteiger partial charge in [-0.15, -0.1) is 0 Å². The summed E-state index contributed by atoms with van der Waals surface area (Å²) >= 11 is 3.49. The molecule has 0 atom stereocenters. The van der Waals surface area contributed by atoms with Crippen molar-refractivity contribution in [2.45, 2.75) is 115 Å². The third kappa shape index (κ3) is 15.1. The molecule has 0 spiro atoms. The number of hydrogen-bond acceptors (Lipinski definition) is 1. The predicted octanol–water partition coefficient (Wildman–Crippen LogP) is 9.25. The summed E-state index contributed by atoms with van der Waals surface area (Å²) in [5.41, 5.74) is 2.59. The number of nitrogens with one attached hydrogen (secondary N) is 1. The molecule has 1 rings (SSSR count). The van der Waals surface area contributed by atoms with E-state index >= 15 is 0 Å². The zero-order valence-corrected chi connectivity index (χ0v) is 19.5. The van der Waals surface area contributed by atoms with Crippen molar-refractivity contribution in [1.29, 1.82) is 0 Å². The number of unbranched alkanes of at least 4 members (excludes halogenated alkanes) is 15. The molecular formula is C25H44BrN. The Kier molecular flexibility index (Phi) is 17.1. The van der Waals surface area contributed by atoms with Gasteiger partial charge < -0.3 is 5.32 Å². The first-order valence-corrected chi connectivity index (χ1v) is 12.9. The van der Waals surface area contributed by atoms with Gasteiger partial charge in [0, 0.05) is 17.6 Å². The van der Waals surface area contributed by atoms with Gasteiger partial charge in [0.05, 0.1) is 0 Å². The zero-order valence-electron chi connectivity index (χ0n) is 17.9. The van der Waals surface area contributed by atoms with Crippen LogP contribution in [0.1, 0.15) is 115 Å². The normalized spacial score (nSPS) is 11.0. The van der Waals surface area contributed by atoms with Gasteiger partial charge in [0.1, 0.15) is 0 Å². The molecule has 156 valence electrons. The summed E-state index contributed by atoms with van der Waals surface area (Å²) in [5, 5.41) is 4.47. The molecule has 0 radical (unpaired) electrons. The summed E-state index contributed by atoms with van der Waals surface area (Å²) in [7, 11) is 0. The summed E-state index contributed by atoms with van der Waals surface area (Å²) in [6.07, 6.45) is 22.9. The highest BCUT2D eigenvalue weighted by Gasteiger charge is 1.96. The minimum Gasteiger partial charge on any atom is -0.385 e. The van der Waals surface area contributed by atoms with Crippen molar-refractivity contribution < 1.29 is 0 Å². The van der Waals surface area contributed by atoms with E-state index in [9.17, 15) is 0 Å². The first-order valence-electron chi connectivity index (χ1n) is 11.8. The number of benzene rings is 1. The van der Waals surface area contributed by atoms with Crippen molar-refractivity contribution in [1.82, 2.24) is 0 Å². The van der Waals surface area contributed by atoms with Crippen LogP contribution in [-0.4, -0.2) is 6.54 Å². The van der Waals surface area contributed by atoms with Gasteiger partial charge in [-0.1, -0.05) is 131 Å². The number of alkyl halides is 1. The van der Waals surface area contributed by atoms with Gasteiger partial charge in [-0.3, -0.25) is 0 Å². The Morgan fingerprint density at radius 3 is 1.41 bits per heavy atom. The molecule has 0 aliphatic carbocycles. The molecular weight excluding hydrogens is 394 g/mol. The summed E-state index contributed by atoms with van der Waals surface area (Å²) < 4.78 is 0. The standard InChI is InChI=1S/C25H44BrN/c1-2-3-4-5-6-7-8-9-10-11-12-13-14-15-16-17-22-27-25-20-18-24(23-26)19-21-25/h18-21,27H,2-17,22-23H2,1H3. The SMILES string of the molecule is CCCCCCCCCCCCCCCCCCNc1ccc(CBr)cc1. The Bertz CT molecular complexity index is 415. The van der Waals surface area contributed by atoms with Gasteiger partial charge in [-0.25, -0.2) is 0 Å². The lowest BCUT2D eigenvalue weighted by Gasteiger charge is -2.07. The topological polar surface area (TPSA) is 12.0 Å². The van der Waals surface area contributed by atoms with E-state index < -0.39 is 0 Å². The molecule has 0 unspecified atom stereocenters. The van der Waals surface area contributed by atoms with Gasteiger partial charge in [0.2, 0.25) is 0 Å². The summed E-state index contributed by atoms with van der Waals surface area (Å²) in [6.45, 7) is 3.40. The van der Waals surface area contributed by atoms with E-state index in [4.69, 9.17) is 0 Å². The van der Waals surface area contributed by atoms with Crippen LogP contribution in [-0.2, 0) is 5.33 Å². The van der Waals surface area contributed by atoms with E-state index in [1.165, 1.54) is 114 Å². The second kappa shape index (κ2) is 18.8. The molecule has 0 amide bonds. The molecule has 0 heterocycles. The fourth-order valence-electron chi connectivity index (χ4n) is 3.62. The van der Waals surface area contributed by atoms with E-state index in [2.05, 4.69) is 52.4 Å². The first kappa shape index (κ1) is 24.5. The monoisotopic (exact) mass is 437 g/mol. The zero-order chi connectivity index (χ0) is 19.4. The lowest BCUT2D eigenvalue weighted by molar-refractivity contribution is 0.530. The average Bonchev–Trinajstić information content (AvgIpc) is 2.70. The van der Waals surface area contributed by atoms with Crippen molar-refractivity contribution in [2.75, 3.05) is 11.9 Å². The molecule has 0 bridgehead atoms. The molecule has 0 aliphatic rings. The van der Waals surface area contributed by atoms with Crippen molar-refractivity contribution in [3.8, 4) is 0 Å². The van der Waals surface area contributed by atoms with E-state index in [0.717, 1.165) is 11.9 Å². The quantitative estimate of drug-likeness (QED) is 0.168. The van der Waals surface area contributed by atoms with E-state index in [0.29, 0.717) is 0 Å². The lowest BCUT2D eigenvalue weighted by atomic mass is 10.0. The number of anilines is 1. The molecule has 0 aromatic heterocycles. The maximum absolute atomic E-state index is 3.53. The van der Waals surface area contributed by atoms with Gasteiger partial charge in [-0.05, 0) is 24.1 Å². The highest BCUT2D eigenvalue weighted by Crippen LogP contribution is 2.14. The number of rotatable bonds is 19. The minimum absolute atomic E-state index is 0.937. The van der Waals surface area contributed by atoms with Gasteiger partial charge in [0.25, 0.3) is 0 Å².